The van der Waals surface area contributed by atoms with Gasteiger partial charge in [-0.1, -0.05) is 0 Å². The second-order valence-corrected chi connectivity index (χ2v) is 4.83. The Bertz CT molecular complexity index is 347. The summed E-state index contributed by atoms with van der Waals surface area (Å²) in [7, 11) is 0. The predicted molar refractivity (Wildman–Crippen MR) is 73.0 cm³/mol. The monoisotopic (exact) mass is 268 g/mol. The zero-order valence-corrected chi connectivity index (χ0v) is 12.0. The summed E-state index contributed by atoms with van der Waals surface area (Å²) in [4.78, 5) is 24.4. The fraction of sp³-hybridized carbons (Fsp3) is 0.769. The molecular formula is C13H24N4O2. The van der Waals surface area contributed by atoms with E-state index in [1.54, 1.807) is 11.8 Å². The Balaban J connectivity index is 3.76. The number of carbonyl (C=O) groups excluding carboxylic acids is 2. The van der Waals surface area contributed by atoms with Crippen molar-refractivity contribution in [3.8, 4) is 6.07 Å². The van der Waals surface area contributed by atoms with Gasteiger partial charge in [-0.3, -0.25) is 9.59 Å². The third kappa shape index (κ3) is 8.16. The quantitative estimate of drug-likeness (QED) is 0.622. The Labute approximate surface area is 114 Å². The molecule has 0 aliphatic heterocycles. The molecular weight excluding hydrogens is 244 g/mol. The van der Waals surface area contributed by atoms with Crippen LogP contribution in [0.15, 0.2) is 0 Å². The largest absolute Gasteiger partial charge is 0.356 e. The van der Waals surface area contributed by atoms with Crippen molar-refractivity contribution in [1.29, 1.82) is 5.26 Å². The predicted octanol–water partition coefficient (Wildman–Crippen LogP) is 0.382. The molecule has 0 rings (SSSR count). The number of nitrogens with one attached hydrogen (secondary N) is 1. The smallest absolute Gasteiger partial charge is 0.220 e. The Morgan fingerprint density at radius 1 is 1.47 bits per heavy atom. The van der Waals surface area contributed by atoms with Gasteiger partial charge in [-0.2, -0.15) is 5.26 Å². The van der Waals surface area contributed by atoms with E-state index in [-0.39, 0.29) is 18.2 Å². The molecule has 6 nitrogen and oxygen atoms in total. The molecule has 0 bridgehead atoms. The maximum Gasteiger partial charge on any atom is 0.220 e. The summed E-state index contributed by atoms with van der Waals surface area (Å²) in [5, 5.41) is 11.5. The second-order valence-electron chi connectivity index (χ2n) is 4.83. The van der Waals surface area contributed by atoms with Crippen molar-refractivity contribution in [2.24, 2.45) is 5.73 Å². The van der Waals surface area contributed by atoms with Gasteiger partial charge in [0.05, 0.1) is 6.07 Å². The lowest BCUT2D eigenvalue weighted by Gasteiger charge is -2.19. The molecule has 1 unspecified atom stereocenters. The van der Waals surface area contributed by atoms with E-state index in [0.717, 1.165) is 6.42 Å². The molecule has 0 fully saturated rings. The number of nitrogens with two attached hydrogens (primary N) is 1. The van der Waals surface area contributed by atoms with Crippen LogP contribution in [0.25, 0.3) is 0 Å². The van der Waals surface area contributed by atoms with Crippen LogP contribution in [0.2, 0.25) is 0 Å². The number of hydrogen-bond donors (Lipinski definition) is 2. The Morgan fingerprint density at radius 3 is 2.58 bits per heavy atom. The molecule has 0 aliphatic carbocycles. The van der Waals surface area contributed by atoms with Gasteiger partial charge in [0.25, 0.3) is 0 Å². The molecule has 1 atom stereocenters. The summed E-state index contributed by atoms with van der Waals surface area (Å²) in [5.41, 5.74) is 4.67. The average molecular weight is 268 g/mol. The summed E-state index contributed by atoms with van der Waals surface area (Å²) >= 11 is 0. The van der Waals surface area contributed by atoms with Crippen molar-refractivity contribution in [2.75, 3.05) is 19.6 Å². The molecule has 19 heavy (non-hydrogen) atoms. The second kappa shape index (κ2) is 8.48. The topological polar surface area (TPSA) is 99.2 Å². The zero-order chi connectivity index (χ0) is 14.9. The number of rotatable bonds is 8. The molecule has 3 N–H and O–H groups in total. The van der Waals surface area contributed by atoms with E-state index < -0.39 is 5.54 Å². The summed E-state index contributed by atoms with van der Waals surface area (Å²) < 4.78 is 0. The van der Waals surface area contributed by atoms with Crippen LogP contribution < -0.4 is 11.1 Å². The minimum atomic E-state index is -0.953. The number of amides is 2. The van der Waals surface area contributed by atoms with E-state index in [1.165, 1.54) is 6.92 Å². The van der Waals surface area contributed by atoms with Crippen LogP contribution in [0, 0.1) is 11.3 Å². The van der Waals surface area contributed by atoms with Crippen molar-refractivity contribution in [3.05, 3.63) is 0 Å². The molecule has 2 amide bonds. The third-order valence-corrected chi connectivity index (χ3v) is 2.88. The van der Waals surface area contributed by atoms with E-state index in [1.807, 2.05) is 13.0 Å². The van der Waals surface area contributed by atoms with E-state index >= 15 is 0 Å². The van der Waals surface area contributed by atoms with Crippen molar-refractivity contribution in [2.45, 2.75) is 45.6 Å². The highest BCUT2D eigenvalue weighted by atomic mass is 16.2. The van der Waals surface area contributed by atoms with Gasteiger partial charge in [-0.25, -0.2) is 0 Å². The number of nitriles is 1. The fourth-order valence-corrected chi connectivity index (χ4v) is 1.55. The summed E-state index contributed by atoms with van der Waals surface area (Å²) in [6.07, 6.45) is 1.30. The van der Waals surface area contributed by atoms with E-state index in [9.17, 15) is 9.59 Å². The normalized spacial score (nSPS) is 13.2. The first kappa shape index (κ1) is 17.4. The first-order chi connectivity index (χ1) is 8.82. The highest BCUT2D eigenvalue weighted by molar-refractivity contribution is 5.76. The summed E-state index contributed by atoms with van der Waals surface area (Å²) in [5.74, 6) is -0.0699. The summed E-state index contributed by atoms with van der Waals surface area (Å²) in [6, 6.07) is 1.95. The first-order valence-corrected chi connectivity index (χ1v) is 6.54. The highest BCUT2D eigenvalue weighted by Crippen LogP contribution is 2.06. The summed E-state index contributed by atoms with van der Waals surface area (Å²) in [6.45, 7) is 6.90. The molecule has 0 aromatic heterocycles. The van der Waals surface area contributed by atoms with Crippen LogP contribution >= 0.6 is 0 Å². The Kier molecular flexibility index (Phi) is 7.77. The van der Waals surface area contributed by atoms with E-state index in [4.69, 9.17) is 11.0 Å². The van der Waals surface area contributed by atoms with Gasteiger partial charge in [0, 0.05) is 33.0 Å². The molecule has 0 spiro atoms. The van der Waals surface area contributed by atoms with Gasteiger partial charge in [0.2, 0.25) is 11.8 Å². The van der Waals surface area contributed by atoms with E-state index in [2.05, 4.69) is 5.32 Å². The standard InChI is InChI=1S/C13H24N4O2/c1-4-17(11(2)18)9-5-8-16-12(19)6-7-13(3,15)10-14/h4-9,15H2,1-3H3,(H,16,19). The maximum absolute atomic E-state index is 11.5. The average Bonchev–Trinajstić information content (AvgIpc) is 2.36. The van der Waals surface area contributed by atoms with Crippen molar-refractivity contribution < 1.29 is 9.59 Å². The zero-order valence-electron chi connectivity index (χ0n) is 12.0. The van der Waals surface area contributed by atoms with Gasteiger partial charge < -0.3 is 16.0 Å². The van der Waals surface area contributed by atoms with Gasteiger partial charge >= 0.3 is 0 Å². The Morgan fingerprint density at radius 2 is 2.11 bits per heavy atom. The van der Waals surface area contributed by atoms with Crippen LogP contribution in [0.3, 0.4) is 0 Å². The van der Waals surface area contributed by atoms with Crippen LogP contribution in [0.1, 0.15) is 40.0 Å². The van der Waals surface area contributed by atoms with Crippen molar-refractivity contribution >= 4 is 11.8 Å². The SMILES string of the molecule is CCN(CCCNC(=O)CCC(C)(N)C#N)C(C)=O. The fourth-order valence-electron chi connectivity index (χ4n) is 1.55. The molecule has 0 heterocycles. The van der Waals surface area contributed by atoms with Gasteiger partial charge in [-0.15, -0.1) is 0 Å². The highest BCUT2D eigenvalue weighted by Gasteiger charge is 2.18. The molecule has 0 saturated heterocycles. The van der Waals surface area contributed by atoms with Crippen LogP contribution in [0.5, 0.6) is 0 Å². The molecule has 6 heteroatoms. The van der Waals surface area contributed by atoms with Crippen LogP contribution in [-0.4, -0.2) is 41.9 Å². The molecule has 0 saturated carbocycles. The first-order valence-electron chi connectivity index (χ1n) is 6.54. The van der Waals surface area contributed by atoms with Crippen molar-refractivity contribution in [3.63, 3.8) is 0 Å². The molecule has 108 valence electrons. The lowest BCUT2D eigenvalue weighted by molar-refractivity contribution is -0.128. The molecule has 0 aliphatic rings. The van der Waals surface area contributed by atoms with Crippen LogP contribution in [-0.2, 0) is 9.59 Å². The van der Waals surface area contributed by atoms with Crippen molar-refractivity contribution in [1.82, 2.24) is 10.2 Å². The lowest BCUT2D eigenvalue weighted by atomic mass is 9.99. The van der Waals surface area contributed by atoms with Gasteiger partial charge in [0.15, 0.2) is 0 Å². The minimum Gasteiger partial charge on any atom is -0.356 e. The Hall–Kier alpha value is -1.61. The molecule has 0 aromatic carbocycles. The van der Waals surface area contributed by atoms with Crippen LogP contribution in [0.4, 0.5) is 0 Å². The number of hydrogen-bond acceptors (Lipinski definition) is 4. The minimum absolute atomic E-state index is 0.0433. The number of nitrogens with zero attached hydrogens (tertiary/aromatic N) is 2. The van der Waals surface area contributed by atoms with Gasteiger partial charge in [-0.05, 0) is 26.7 Å². The number of carbonyl (C=O) groups is 2. The lowest BCUT2D eigenvalue weighted by Crippen LogP contribution is -2.37. The van der Waals surface area contributed by atoms with Gasteiger partial charge in [0.1, 0.15) is 5.54 Å². The maximum atomic E-state index is 11.5. The third-order valence-electron chi connectivity index (χ3n) is 2.88. The van der Waals surface area contributed by atoms with E-state index in [0.29, 0.717) is 26.1 Å². The molecule has 0 aromatic rings. The molecule has 0 radical (unpaired) electrons.